The fourth-order valence-electron chi connectivity index (χ4n) is 3.33. The summed E-state index contributed by atoms with van der Waals surface area (Å²) in [5.41, 5.74) is 1.82. The standard InChI is InChI=1S/C25H22FN3O2S/c26-19-10-6-11-20(16-19)29-24(31)21-12-4-5-13-22(21)28-25(29)32-15-7-14-23(30)27-17-18-8-2-1-3-9-18/h1-6,8-13,16H,7,14-15,17H2,(H,27,30). The number of hydrogen-bond donors (Lipinski definition) is 1. The average Bonchev–Trinajstić information content (AvgIpc) is 2.81. The van der Waals surface area contributed by atoms with E-state index < -0.39 is 5.82 Å². The van der Waals surface area contributed by atoms with Gasteiger partial charge in [-0.1, -0.05) is 60.3 Å². The summed E-state index contributed by atoms with van der Waals surface area (Å²) < 4.78 is 15.3. The molecule has 162 valence electrons. The number of benzene rings is 3. The molecule has 1 N–H and O–H groups in total. The Balaban J connectivity index is 1.46. The van der Waals surface area contributed by atoms with Gasteiger partial charge in [0.2, 0.25) is 5.91 Å². The number of nitrogens with zero attached hydrogens (tertiary/aromatic N) is 2. The highest BCUT2D eigenvalue weighted by Crippen LogP contribution is 2.22. The summed E-state index contributed by atoms with van der Waals surface area (Å²) in [7, 11) is 0. The van der Waals surface area contributed by atoms with Crippen molar-refractivity contribution < 1.29 is 9.18 Å². The number of nitrogens with one attached hydrogen (secondary N) is 1. The van der Waals surface area contributed by atoms with Crippen molar-refractivity contribution in [3.63, 3.8) is 0 Å². The Morgan fingerprint density at radius 1 is 1.00 bits per heavy atom. The second-order valence-electron chi connectivity index (χ2n) is 7.25. The van der Waals surface area contributed by atoms with E-state index in [0.29, 0.717) is 46.9 Å². The van der Waals surface area contributed by atoms with Crippen LogP contribution >= 0.6 is 11.8 Å². The van der Waals surface area contributed by atoms with Gasteiger partial charge < -0.3 is 5.32 Å². The molecule has 0 fully saturated rings. The van der Waals surface area contributed by atoms with Crippen molar-refractivity contribution in [1.29, 1.82) is 0 Å². The zero-order chi connectivity index (χ0) is 22.3. The van der Waals surface area contributed by atoms with Crippen molar-refractivity contribution in [2.45, 2.75) is 24.5 Å². The van der Waals surface area contributed by atoms with Crippen LogP contribution < -0.4 is 10.9 Å². The summed E-state index contributed by atoms with van der Waals surface area (Å²) in [6, 6.07) is 22.8. The normalized spacial score (nSPS) is 10.9. The van der Waals surface area contributed by atoms with Gasteiger partial charge in [-0.3, -0.25) is 14.2 Å². The molecule has 0 atom stereocenters. The summed E-state index contributed by atoms with van der Waals surface area (Å²) in [5.74, 6) is 0.149. The molecular weight excluding hydrogens is 425 g/mol. The van der Waals surface area contributed by atoms with E-state index in [0.717, 1.165) is 5.56 Å². The molecule has 0 aliphatic rings. The highest BCUT2D eigenvalue weighted by molar-refractivity contribution is 7.99. The van der Waals surface area contributed by atoms with E-state index in [1.165, 1.54) is 28.5 Å². The lowest BCUT2D eigenvalue weighted by atomic mass is 10.2. The fourth-order valence-corrected chi connectivity index (χ4v) is 4.28. The van der Waals surface area contributed by atoms with Crippen LogP contribution in [0.2, 0.25) is 0 Å². The van der Waals surface area contributed by atoms with Gasteiger partial charge in [-0.25, -0.2) is 9.37 Å². The molecule has 1 heterocycles. The van der Waals surface area contributed by atoms with Crippen LogP contribution in [0.1, 0.15) is 18.4 Å². The second kappa shape index (κ2) is 10.2. The number of halogens is 1. The molecular formula is C25H22FN3O2S. The topological polar surface area (TPSA) is 64.0 Å². The lowest BCUT2D eigenvalue weighted by Crippen LogP contribution is -2.23. The van der Waals surface area contributed by atoms with Crippen LogP contribution in [0.4, 0.5) is 4.39 Å². The summed E-state index contributed by atoms with van der Waals surface area (Å²) in [6.07, 6.45) is 0.995. The van der Waals surface area contributed by atoms with E-state index in [1.54, 1.807) is 30.3 Å². The van der Waals surface area contributed by atoms with Crippen LogP contribution in [0.15, 0.2) is 88.8 Å². The Bertz CT molecular complexity index is 1290. The van der Waals surface area contributed by atoms with E-state index in [4.69, 9.17) is 0 Å². The molecule has 0 saturated heterocycles. The van der Waals surface area contributed by atoms with Crippen LogP contribution in [-0.4, -0.2) is 21.2 Å². The van der Waals surface area contributed by atoms with E-state index in [-0.39, 0.29) is 11.5 Å². The molecule has 4 rings (SSSR count). The van der Waals surface area contributed by atoms with Crippen LogP contribution in [0.5, 0.6) is 0 Å². The molecule has 1 amide bonds. The Kier molecular flexibility index (Phi) is 6.97. The lowest BCUT2D eigenvalue weighted by molar-refractivity contribution is -0.121. The van der Waals surface area contributed by atoms with Gasteiger partial charge in [-0.15, -0.1) is 0 Å². The lowest BCUT2D eigenvalue weighted by Gasteiger charge is -2.13. The van der Waals surface area contributed by atoms with Crippen molar-refractivity contribution in [2.75, 3.05) is 5.75 Å². The highest BCUT2D eigenvalue weighted by Gasteiger charge is 2.14. The molecule has 5 nitrogen and oxygen atoms in total. The van der Waals surface area contributed by atoms with Crippen molar-refractivity contribution >= 4 is 28.6 Å². The molecule has 0 saturated carbocycles. The van der Waals surface area contributed by atoms with Gasteiger partial charge >= 0.3 is 0 Å². The molecule has 0 aliphatic carbocycles. The van der Waals surface area contributed by atoms with E-state index in [9.17, 15) is 14.0 Å². The Labute approximate surface area is 189 Å². The minimum absolute atomic E-state index is 0.0246. The summed E-state index contributed by atoms with van der Waals surface area (Å²) in [4.78, 5) is 29.9. The van der Waals surface area contributed by atoms with E-state index in [1.807, 2.05) is 36.4 Å². The summed E-state index contributed by atoms with van der Waals surface area (Å²) in [5, 5.41) is 3.86. The van der Waals surface area contributed by atoms with Crippen molar-refractivity contribution in [1.82, 2.24) is 14.9 Å². The number of carbonyl (C=O) groups is 1. The smallest absolute Gasteiger partial charge is 0.266 e. The first-order valence-corrected chi connectivity index (χ1v) is 11.3. The van der Waals surface area contributed by atoms with Gasteiger partial charge in [0, 0.05) is 18.7 Å². The molecule has 4 aromatic rings. The van der Waals surface area contributed by atoms with Gasteiger partial charge in [0.1, 0.15) is 5.82 Å². The highest BCUT2D eigenvalue weighted by atomic mass is 32.2. The maximum absolute atomic E-state index is 13.8. The zero-order valence-corrected chi connectivity index (χ0v) is 18.1. The molecule has 0 radical (unpaired) electrons. The number of fused-ring (bicyclic) bond motifs is 1. The number of rotatable bonds is 8. The molecule has 0 unspecified atom stereocenters. The Morgan fingerprint density at radius 3 is 2.59 bits per heavy atom. The number of para-hydroxylation sites is 1. The van der Waals surface area contributed by atoms with Crippen molar-refractivity contribution in [3.8, 4) is 5.69 Å². The minimum Gasteiger partial charge on any atom is -0.352 e. The number of thioether (sulfide) groups is 1. The maximum Gasteiger partial charge on any atom is 0.266 e. The van der Waals surface area contributed by atoms with Crippen molar-refractivity contribution in [3.05, 3.63) is 101 Å². The molecule has 0 aliphatic heterocycles. The number of amides is 1. The molecule has 3 aromatic carbocycles. The average molecular weight is 448 g/mol. The molecule has 0 spiro atoms. The monoisotopic (exact) mass is 447 g/mol. The third kappa shape index (κ3) is 5.23. The van der Waals surface area contributed by atoms with Gasteiger partial charge in [-0.05, 0) is 42.3 Å². The van der Waals surface area contributed by atoms with Crippen molar-refractivity contribution in [2.24, 2.45) is 0 Å². The van der Waals surface area contributed by atoms with Crippen LogP contribution in [-0.2, 0) is 11.3 Å². The third-order valence-electron chi connectivity index (χ3n) is 4.92. The molecule has 1 aromatic heterocycles. The summed E-state index contributed by atoms with van der Waals surface area (Å²) >= 11 is 1.38. The largest absolute Gasteiger partial charge is 0.352 e. The van der Waals surface area contributed by atoms with Crippen LogP contribution in [0.25, 0.3) is 16.6 Å². The van der Waals surface area contributed by atoms with Gasteiger partial charge in [0.05, 0.1) is 16.6 Å². The first-order chi connectivity index (χ1) is 15.6. The Morgan fingerprint density at radius 2 is 1.78 bits per heavy atom. The zero-order valence-electron chi connectivity index (χ0n) is 17.3. The van der Waals surface area contributed by atoms with E-state index in [2.05, 4.69) is 10.3 Å². The Hall–Kier alpha value is -3.45. The summed E-state index contributed by atoms with van der Waals surface area (Å²) in [6.45, 7) is 0.498. The molecule has 7 heteroatoms. The van der Waals surface area contributed by atoms with Crippen LogP contribution in [0, 0.1) is 5.82 Å². The fraction of sp³-hybridized carbons (Fsp3) is 0.160. The predicted octanol–water partition coefficient (Wildman–Crippen LogP) is 4.71. The quantitative estimate of drug-likeness (QED) is 0.241. The number of aromatic nitrogens is 2. The predicted molar refractivity (Wildman–Crippen MR) is 126 cm³/mol. The number of hydrogen-bond acceptors (Lipinski definition) is 4. The van der Waals surface area contributed by atoms with E-state index >= 15 is 0 Å². The van der Waals surface area contributed by atoms with Gasteiger partial charge in [0.15, 0.2) is 5.16 Å². The maximum atomic E-state index is 13.8. The SMILES string of the molecule is O=C(CCCSc1nc2ccccc2c(=O)n1-c1cccc(F)c1)NCc1ccccc1. The molecule has 0 bridgehead atoms. The molecule has 32 heavy (non-hydrogen) atoms. The first-order valence-electron chi connectivity index (χ1n) is 10.3. The van der Waals surface area contributed by atoms with Crippen LogP contribution in [0.3, 0.4) is 0 Å². The minimum atomic E-state index is -0.423. The first kappa shape index (κ1) is 21.8. The third-order valence-corrected chi connectivity index (χ3v) is 5.95. The van der Waals surface area contributed by atoms with Gasteiger partial charge in [0.25, 0.3) is 5.56 Å². The van der Waals surface area contributed by atoms with Gasteiger partial charge in [-0.2, -0.15) is 0 Å². The second-order valence-corrected chi connectivity index (χ2v) is 8.31. The number of carbonyl (C=O) groups excluding carboxylic acids is 1.